The minimum Gasteiger partial charge on any atom is -0.508 e. The van der Waals surface area contributed by atoms with Crippen LogP contribution in [-0.4, -0.2) is 30.1 Å². The molecule has 2 rings (SSSR count). The van der Waals surface area contributed by atoms with Gasteiger partial charge in [0.05, 0.1) is 0 Å². The Bertz CT molecular complexity index is 351. The largest absolute Gasteiger partial charge is 0.508 e. The number of aromatic hydroxyl groups is 1. The van der Waals surface area contributed by atoms with Crippen molar-refractivity contribution in [1.82, 2.24) is 4.90 Å². The Morgan fingerprint density at radius 2 is 2.33 bits per heavy atom. The van der Waals surface area contributed by atoms with Crippen LogP contribution in [0.5, 0.6) is 5.75 Å². The van der Waals surface area contributed by atoms with Gasteiger partial charge in [-0.2, -0.15) is 0 Å². The molecule has 0 amide bonds. The van der Waals surface area contributed by atoms with E-state index in [1.807, 2.05) is 12.1 Å². The molecule has 0 saturated carbocycles. The molecule has 1 aliphatic heterocycles. The number of hydrogen-bond donors (Lipinski definition) is 2. The molecule has 3 heteroatoms. The van der Waals surface area contributed by atoms with Crippen molar-refractivity contribution < 1.29 is 5.11 Å². The highest BCUT2D eigenvalue weighted by atomic mass is 16.3. The molecular weight excluding hydrogens is 188 g/mol. The van der Waals surface area contributed by atoms with E-state index < -0.39 is 0 Å². The molecule has 0 aliphatic carbocycles. The van der Waals surface area contributed by atoms with Gasteiger partial charge in [-0.05, 0) is 49.7 Å². The van der Waals surface area contributed by atoms with Gasteiger partial charge in [-0.3, -0.25) is 4.90 Å². The Kier molecular flexibility index (Phi) is 2.93. The van der Waals surface area contributed by atoms with Gasteiger partial charge >= 0.3 is 0 Å². The van der Waals surface area contributed by atoms with Crippen LogP contribution in [0.4, 0.5) is 0 Å². The summed E-state index contributed by atoms with van der Waals surface area (Å²) >= 11 is 0. The van der Waals surface area contributed by atoms with Crippen molar-refractivity contribution in [2.45, 2.75) is 18.9 Å². The summed E-state index contributed by atoms with van der Waals surface area (Å²) in [5, 5.41) is 9.43. The van der Waals surface area contributed by atoms with Gasteiger partial charge in [0.15, 0.2) is 0 Å². The number of benzene rings is 1. The van der Waals surface area contributed by atoms with Crippen molar-refractivity contribution in [3.63, 3.8) is 0 Å². The molecule has 0 saturated heterocycles. The Hall–Kier alpha value is -1.06. The minimum atomic E-state index is 0.366. The first-order valence-electron chi connectivity index (χ1n) is 5.44. The van der Waals surface area contributed by atoms with Crippen LogP contribution in [0.2, 0.25) is 0 Å². The Morgan fingerprint density at radius 3 is 3.07 bits per heavy atom. The lowest BCUT2D eigenvalue weighted by atomic mass is 9.91. The Balaban J connectivity index is 2.34. The van der Waals surface area contributed by atoms with Gasteiger partial charge in [0.1, 0.15) is 5.75 Å². The van der Waals surface area contributed by atoms with Crippen molar-refractivity contribution in [1.29, 1.82) is 0 Å². The second-order valence-electron chi connectivity index (χ2n) is 4.21. The van der Waals surface area contributed by atoms with Crippen molar-refractivity contribution in [2.24, 2.45) is 5.73 Å². The first kappa shape index (κ1) is 10.5. The van der Waals surface area contributed by atoms with Crippen molar-refractivity contribution in [2.75, 3.05) is 20.1 Å². The lowest BCUT2D eigenvalue weighted by Gasteiger charge is -2.34. The number of phenolic OH excluding ortho intramolecular Hbond substituents is 1. The van der Waals surface area contributed by atoms with Crippen molar-refractivity contribution in [3.05, 3.63) is 29.3 Å². The maximum Gasteiger partial charge on any atom is 0.115 e. The van der Waals surface area contributed by atoms with Gasteiger partial charge in [-0.25, -0.2) is 0 Å². The summed E-state index contributed by atoms with van der Waals surface area (Å²) in [5.41, 5.74) is 8.23. The molecule has 3 nitrogen and oxygen atoms in total. The van der Waals surface area contributed by atoms with E-state index in [4.69, 9.17) is 5.73 Å². The molecule has 1 unspecified atom stereocenters. The summed E-state index contributed by atoms with van der Waals surface area (Å²) < 4.78 is 0. The van der Waals surface area contributed by atoms with Crippen LogP contribution in [0, 0.1) is 0 Å². The van der Waals surface area contributed by atoms with Crippen LogP contribution in [0.1, 0.15) is 23.6 Å². The Morgan fingerprint density at radius 1 is 1.53 bits per heavy atom. The first-order chi connectivity index (χ1) is 7.22. The summed E-state index contributed by atoms with van der Waals surface area (Å²) in [4.78, 5) is 2.34. The van der Waals surface area contributed by atoms with E-state index in [1.54, 1.807) is 6.07 Å². The lowest BCUT2D eigenvalue weighted by molar-refractivity contribution is 0.221. The third kappa shape index (κ3) is 1.98. The van der Waals surface area contributed by atoms with Crippen LogP contribution >= 0.6 is 0 Å². The molecule has 0 aromatic heterocycles. The molecule has 82 valence electrons. The summed E-state index contributed by atoms with van der Waals surface area (Å²) in [6, 6.07) is 6.09. The highest BCUT2D eigenvalue weighted by Gasteiger charge is 2.23. The Labute approximate surface area is 90.5 Å². The fourth-order valence-electron chi connectivity index (χ4n) is 2.36. The zero-order valence-corrected chi connectivity index (χ0v) is 9.11. The topological polar surface area (TPSA) is 49.5 Å². The fourth-order valence-corrected chi connectivity index (χ4v) is 2.36. The van der Waals surface area contributed by atoms with E-state index in [9.17, 15) is 5.11 Å². The zero-order chi connectivity index (χ0) is 10.8. The summed E-state index contributed by atoms with van der Waals surface area (Å²) in [7, 11) is 2.14. The SMILES string of the molecule is CN1CCc2cc(O)ccc2C1CCN. The molecular formula is C12H18N2O. The molecule has 0 bridgehead atoms. The second kappa shape index (κ2) is 4.21. The predicted molar refractivity (Wildman–Crippen MR) is 60.9 cm³/mol. The number of fused-ring (bicyclic) bond motifs is 1. The highest BCUT2D eigenvalue weighted by Crippen LogP contribution is 2.32. The van der Waals surface area contributed by atoms with E-state index in [1.165, 1.54) is 11.1 Å². The van der Waals surface area contributed by atoms with Crippen LogP contribution in [0.3, 0.4) is 0 Å². The number of likely N-dealkylation sites (N-methyl/N-ethyl adjacent to an activating group) is 1. The normalized spacial score (nSPS) is 21.3. The van der Waals surface area contributed by atoms with E-state index in [0.29, 0.717) is 18.3 Å². The predicted octanol–water partition coefficient (Wildman–Crippen LogP) is 1.27. The summed E-state index contributed by atoms with van der Waals surface area (Å²) in [6.07, 6.45) is 2.00. The summed E-state index contributed by atoms with van der Waals surface area (Å²) in [5.74, 6) is 0.366. The molecule has 0 spiro atoms. The molecule has 1 atom stereocenters. The van der Waals surface area contributed by atoms with Crippen molar-refractivity contribution >= 4 is 0 Å². The molecule has 1 aromatic carbocycles. The van der Waals surface area contributed by atoms with E-state index in [0.717, 1.165) is 19.4 Å². The molecule has 3 N–H and O–H groups in total. The lowest BCUT2D eigenvalue weighted by Crippen LogP contribution is -2.33. The molecule has 0 radical (unpaired) electrons. The molecule has 0 fully saturated rings. The maximum atomic E-state index is 9.43. The van der Waals surface area contributed by atoms with E-state index >= 15 is 0 Å². The highest BCUT2D eigenvalue weighted by molar-refractivity contribution is 5.38. The van der Waals surface area contributed by atoms with Gasteiger partial charge in [0, 0.05) is 12.6 Å². The standard InChI is InChI=1S/C12H18N2O/c1-14-7-5-9-8-10(15)2-3-11(9)12(14)4-6-13/h2-3,8,12,15H,4-7,13H2,1H3. The van der Waals surface area contributed by atoms with E-state index in [2.05, 4.69) is 11.9 Å². The number of rotatable bonds is 2. The van der Waals surface area contributed by atoms with Gasteiger partial charge in [0.2, 0.25) is 0 Å². The van der Waals surface area contributed by atoms with Crippen molar-refractivity contribution in [3.8, 4) is 5.75 Å². The smallest absolute Gasteiger partial charge is 0.115 e. The third-order valence-electron chi connectivity index (χ3n) is 3.19. The average Bonchev–Trinajstić information content (AvgIpc) is 2.22. The first-order valence-corrected chi connectivity index (χ1v) is 5.44. The minimum absolute atomic E-state index is 0.366. The molecule has 1 aliphatic rings. The van der Waals surface area contributed by atoms with Gasteiger partial charge in [-0.15, -0.1) is 0 Å². The van der Waals surface area contributed by atoms with Crippen LogP contribution < -0.4 is 5.73 Å². The van der Waals surface area contributed by atoms with Gasteiger partial charge < -0.3 is 10.8 Å². The number of nitrogens with zero attached hydrogens (tertiary/aromatic N) is 1. The molecule has 1 aromatic rings. The fraction of sp³-hybridized carbons (Fsp3) is 0.500. The second-order valence-corrected chi connectivity index (χ2v) is 4.21. The number of hydrogen-bond acceptors (Lipinski definition) is 3. The van der Waals surface area contributed by atoms with E-state index in [-0.39, 0.29) is 0 Å². The van der Waals surface area contributed by atoms with Crippen LogP contribution in [0.15, 0.2) is 18.2 Å². The van der Waals surface area contributed by atoms with Crippen LogP contribution in [-0.2, 0) is 6.42 Å². The molecule has 1 heterocycles. The average molecular weight is 206 g/mol. The quantitative estimate of drug-likeness (QED) is 0.766. The summed E-state index contributed by atoms with van der Waals surface area (Å²) in [6.45, 7) is 1.75. The molecule has 15 heavy (non-hydrogen) atoms. The third-order valence-corrected chi connectivity index (χ3v) is 3.19. The number of phenols is 1. The monoisotopic (exact) mass is 206 g/mol. The van der Waals surface area contributed by atoms with Gasteiger partial charge in [-0.1, -0.05) is 6.07 Å². The van der Waals surface area contributed by atoms with Gasteiger partial charge in [0.25, 0.3) is 0 Å². The zero-order valence-electron chi connectivity index (χ0n) is 9.11. The van der Waals surface area contributed by atoms with Crippen LogP contribution in [0.25, 0.3) is 0 Å². The number of nitrogens with two attached hydrogens (primary N) is 1. The maximum absolute atomic E-state index is 9.43.